The number of benzene rings is 1. The molecule has 0 aliphatic heterocycles. The van der Waals surface area contributed by atoms with Gasteiger partial charge in [-0.05, 0) is 55.0 Å². The summed E-state index contributed by atoms with van der Waals surface area (Å²) in [5.41, 5.74) is 2.48. The van der Waals surface area contributed by atoms with Crippen molar-refractivity contribution >= 4 is 33.9 Å². The van der Waals surface area contributed by atoms with Crippen molar-refractivity contribution in [2.24, 2.45) is 5.92 Å². The molecule has 1 aliphatic rings. The minimum Gasteiger partial charge on any atom is -0.467 e. The highest BCUT2D eigenvalue weighted by Crippen LogP contribution is 2.39. The van der Waals surface area contributed by atoms with E-state index in [4.69, 9.17) is 9.15 Å². The second-order valence-corrected chi connectivity index (χ2v) is 8.88. The van der Waals surface area contributed by atoms with E-state index in [0.29, 0.717) is 34.3 Å². The second-order valence-electron chi connectivity index (χ2n) is 7.77. The van der Waals surface area contributed by atoms with E-state index in [1.54, 1.807) is 36.6 Å². The SMILES string of the molecule is C[C@H]1CCc2c(sc(NC(=O)COC(=O)c3ccccc3NCc3ccco3)c2C#N)C1. The predicted octanol–water partition coefficient (Wildman–Crippen LogP) is 4.75. The molecule has 1 aliphatic carbocycles. The van der Waals surface area contributed by atoms with Gasteiger partial charge in [-0.15, -0.1) is 11.3 Å². The van der Waals surface area contributed by atoms with Gasteiger partial charge in [0.1, 0.15) is 16.8 Å². The smallest absolute Gasteiger partial charge is 0.340 e. The molecule has 1 atom stereocenters. The van der Waals surface area contributed by atoms with Gasteiger partial charge in [-0.3, -0.25) is 4.79 Å². The third-order valence-electron chi connectivity index (χ3n) is 5.39. The van der Waals surface area contributed by atoms with E-state index in [0.717, 1.165) is 35.5 Å². The standard InChI is InChI=1S/C24H23N3O4S/c1-15-8-9-17-19(12-25)23(32-21(17)11-15)27-22(28)14-31-24(29)18-6-2-3-7-20(18)26-13-16-5-4-10-30-16/h2-7,10,15,26H,8-9,11,13-14H2,1H3,(H,27,28)/t15-/m0/s1. The van der Waals surface area contributed by atoms with E-state index in [2.05, 4.69) is 23.6 Å². The highest BCUT2D eigenvalue weighted by atomic mass is 32.1. The number of nitrogens with one attached hydrogen (secondary N) is 2. The summed E-state index contributed by atoms with van der Waals surface area (Å²) < 4.78 is 10.5. The lowest BCUT2D eigenvalue weighted by Crippen LogP contribution is -2.21. The number of hydrogen-bond donors (Lipinski definition) is 2. The van der Waals surface area contributed by atoms with Crippen LogP contribution in [0.1, 0.15) is 45.5 Å². The zero-order chi connectivity index (χ0) is 22.5. The number of ether oxygens (including phenoxy) is 1. The Labute approximate surface area is 190 Å². The molecular weight excluding hydrogens is 426 g/mol. The summed E-state index contributed by atoms with van der Waals surface area (Å²) >= 11 is 1.44. The van der Waals surface area contributed by atoms with Crippen LogP contribution in [-0.4, -0.2) is 18.5 Å². The highest BCUT2D eigenvalue weighted by Gasteiger charge is 2.25. The molecule has 0 unspecified atom stereocenters. The van der Waals surface area contributed by atoms with Gasteiger partial charge in [0.15, 0.2) is 6.61 Å². The zero-order valence-electron chi connectivity index (χ0n) is 17.6. The maximum absolute atomic E-state index is 12.6. The summed E-state index contributed by atoms with van der Waals surface area (Å²) in [5, 5.41) is 16.0. The average Bonchev–Trinajstić information content (AvgIpc) is 3.43. The predicted molar refractivity (Wildman–Crippen MR) is 122 cm³/mol. The van der Waals surface area contributed by atoms with Crippen molar-refractivity contribution in [1.29, 1.82) is 5.26 Å². The molecule has 2 heterocycles. The zero-order valence-corrected chi connectivity index (χ0v) is 18.5. The maximum atomic E-state index is 12.6. The first kappa shape index (κ1) is 21.7. The number of carbonyl (C=O) groups is 2. The molecule has 2 aromatic heterocycles. The van der Waals surface area contributed by atoms with Crippen LogP contribution in [0.25, 0.3) is 0 Å². The number of para-hydroxylation sites is 1. The van der Waals surface area contributed by atoms with Gasteiger partial charge in [0.05, 0.1) is 23.9 Å². The van der Waals surface area contributed by atoms with Gasteiger partial charge < -0.3 is 19.8 Å². The number of thiophene rings is 1. The van der Waals surface area contributed by atoms with Crippen LogP contribution in [0.4, 0.5) is 10.7 Å². The van der Waals surface area contributed by atoms with Crippen molar-refractivity contribution < 1.29 is 18.7 Å². The number of furan rings is 1. The van der Waals surface area contributed by atoms with Gasteiger partial charge in [0, 0.05) is 10.6 Å². The molecule has 32 heavy (non-hydrogen) atoms. The molecule has 3 aromatic rings. The van der Waals surface area contributed by atoms with Crippen LogP contribution in [-0.2, 0) is 28.9 Å². The largest absolute Gasteiger partial charge is 0.467 e. The summed E-state index contributed by atoms with van der Waals surface area (Å²) in [4.78, 5) is 26.2. The number of nitrogens with zero attached hydrogens (tertiary/aromatic N) is 1. The van der Waals surface area contributed by atoms with Gasteiger partial charge in [-0.2, -0.15) is 5.26 Å². The third kappa shape index (κ3) is 4.84. The minimum atomic E-state index is -0.609. The molecule has 2 N–H and O–H groups in total. The molecule has 0 saturated heterocycles. The Balaban J connectivity index is 1.37. The Morgan fingerprint density at radius 1 is 1.28 bits per heavy atom. The number of fused-ring (bicyclic) bond motifs is 1. The molecule has 1 aromatic carbocycles. The van der Waals surface area contributed by atoms with Gasteiger partial charge in [-0.1, -0.05) is 19.1 Å². The van der Waals surface area contributed by atoms with Crippen LogP contribution in [0.15, 0.2) is 47.1 Å². The number of rotatable bonds is 7. The number of carbonyl (C=O) groups excluding carboxylic acids is 2. The topological polar surface area (TPSA) is 104 Å². The Bertz CT molecular complexity index is 1160. The van der Waals surface area contributed by atoms with Crippen molar-refractivity contribution in [2.45, 2.75) is 32.7 Å². The second kappa shape index (κ2) is 9.71. The molecule has 164 valence electrons. The lowest BCUT2D eigenvalue weighted by Gasteiger charge is -2.17. The van der Waals surface area contributed by atoms with Crippen molar-refractivity contribution in [2.75, 3.05) is 17.2 Å². The van der Waals surface area contributed by atoms with Crippen LogP contribution in [0, 0.1) is 17.2 Å². The molecule has 0 radical (unpaired) electrons. The fourth-order valence-corrected chi connectivity index (χ4v) is 5.12. The first-order chi connectivity index (χ1) is 15.5. The van der Waals surface area contributed by atoms with Crippen LogP contribution < -0.4 is 10.6 Å². The molecule has 0 bridgehead atoms. The van der Waals surface area contributed by atoms with Gasteiger partial charge >= 0.3 is 5.97 Å². The normalized spacial score (nSPS) is 14.8. The maximum Gasteiger partial charge on any atom is 0.340 e. The highest BCUT2D eigenvalue weighted by molar-refractivity contribution is 7.16. The Kier molecular flexibility index (Phi) is 6.57. The van der Waals surface area contributed by atoms with Crippen LogP contribution in [0.3, 0.4) is 0 Å². The number of esters is 1. The quantitative estimate of drug-likeness (QED) is 0.505. The van der Waals surface area contributed by atoms with Gasteiger partial charge in [0.2, 0.25) is 0 Å². The van der Waals surface area contributed by atoms with Gasteiger partial charge in [0.25, 0.3) is 5.91 Å². The van der Waals surface area contributed by atoms with Crippen LogP contribution >= 0.6 is 11.3 Å². The Hall–Kier alpha value is -3.57. The van der Waals surface area contributed by atoms with Crippen molar-refractivity contribution in [3.05, 3.63) is 70.0 Å². The van der Waals surface area contributed by atoms with Gasteiger partial charge in [-0.25, -0.2) is 4.79 Å². The summed E-state index contributed by atoms with van der Waals surface area (Å²) in [5.74, 6) is 0.220. The lowest BCUT2D eigenvalue weighted by molar-refractivity contribution is -0.119. The van der Waals surface area contributed by atoms with E-state index in [-0.39, 0.29) is 0 Å². The number of amides is 1. The Morgan fingerprint density at radius 2 is 2.12 bits per heavy atom. The van der Waals surface area contributed by atoms with E-state index in [9.17, 15) is 14.9 Å². The molecular formula is C24H23N3O4S. The number of hydrogen-bond acceptors (Lipinski definition) is 7. The molecule has 7 nitrogen and oxygen atoms in total. The summed E-state index contributed by atoms with van der Waals surface area (Å²) in [6.45, 7) is 2.17. The average molecular weight is 450 g/mol. The lowest BCUT2D eigenvalue weighted by atomic mass is 9.89. The fraction of sp³-hybridized carbons (Fsp3) is 0.292. The third-order valence-corrected chi connectivity index (χ3v) is 6.56. The molecule has 0 saturated carbocycles. The first-order valence-electron chi connectivity index (χ1n) is 10.4. The monoisotopic (exact) mass is 449 g/mol. The van der Waals surface area contributed by atoms with E-state index in [1.165, 1.54) is 11.3 Å². The van der Waals surface area contributed by atoms with Crippen LogP contribution in [0.5, 0.6) is 0 Å². The van der Waals surface area contributed by atoms with E-state index < -0.39 is 18.5 Å². The molecule has 4 rings (SSSR count). The summed E-state index contributed by atoms with van der Waals surface area (Å²) in [6, 6.07) is 12.8. The molecule has 8 heteroatoms. The molecule has 0 fully saturated rings. The molecule has 0 spiro atoms. The van der Waals surface area contributed by atoms with E-state index in [1.807, 2.05) is 6.07 Å². The molecule has 1 amide bonds. The summed E-state index contributed by atoms with van der Waals surface area (Å²) in [7, 11) is 0. The fourth-order valence-electron chi connectivity index (χ4n) is 3.74. The first-order valence-corrected chi connectivity index (χ1v) is 11.2. The van der Waals surface area contributed by atoms with E-state index >= 15 is 0 Å². The summed E-state index contributed by atoms with van der Waals surface area (Å²) in [6.07, 6.45) is 4.39. The van der Waals surface area contributed by atoms with Crippen molar-refractivity contribution in [3.8, 4) is 6.07 Å². The Morgan fingerprint density at radius 3 is 2.91 bits per heavy atom. The number of nitriles is 1. The van der Waals surface area contributed by atoms with Crippen molar-refractivity contribution in [3.63, 3.8) is 0 Å². The van der Waals surface area contributed by atoms with Crippen LogP contribution in [0.2, 0.25) is 0 Å². The minimum absolute atomic E-state index is 0.324. The van der Waals surface area contributed by atoms with Crippen molar-refractivity contribution in [1.82, 2.24) is 0 Å². The number of anilines is 2.